The summed E-state index contributed by atoms with van der Waals surface area (Å²) < 4.78 is 0. The van der Waals surface area contributed by atoms with Gasteiger partial charge in [0.25, 0.3) is 0 Å². The van der Waals surface area contributed by atoms with Crippen LogP contribution in [0, 0.1) is 5.92 Å². The van der Waals surface area contributed by atoms with Crippen molar-refractivity contribution in [2.24, 2.45) is 5.92 Å². The second kappa shape index (κ2) is 4.13. The molecule has 2 saturated carbocycles. The maximum absolute atomic E-state index is 11.6. The molecule has 0 saturated heterocycles. The van der Waals surface area contributed by atoms with E-state index in [1.54, 1.807) is 13.1 Å². The van der Waals surface area contributed by atoms with E-state index < -0.39 is 0 Å². The number of hydrogen-bond donors (Lipinski definition) is 0. The minimum Gasteiger partial charge on any atom is -0.353 e. The van der Waals surface area contributed by atoms with Gasteiger partial charge in [-0.15, -0.1) is 0 Å². The van der Waals surface area contributed by atoms with E-state index in [1.165, 1.54) is 25.7 Å². The number of carbonyl (C=O) groups is 1. The predicted octanol–water partition coefficient (Wildman–Crippen LogP) is 2.66. The molecular weight excluding hydrogens is 212 g/mol. The number of hydrogen-bond acceptors (Lipinski definition) is 3. The highest BCUT2D eigenvalue weighted by atomic mass is 16.1. The van der Waals surface area contributed by atoms with Crippen LogP contribution in [0.15, 0.2) is 18.3 Å². The summed E-state index contributed by atoms with van der Waals surface area (Å²) in [6.07, 6.45) is 6.97. The molecule has 0 radical (unpaired) electrons. The van der Waals surface area contributed by atoms with Crippen LogP contribution < -0.4 is 4.90 Å². The molecule has 1 heterocycles. The molecule has 2 aliphatic rings. The summed E-state index contributed by atoms with van der Waals surface area (Å²) in [5.41, 5.74) is 0.778. The Bertz CT molecular complexity index is 436. The molecule has 0 spiro atoms. The SMILES string of the molecule is CC(=O)c1cccnc1N(CC1CC1)C1CC1. The average molecular weight is 230 g/mol. The Hall–Kier alpha value is -1.38. The van der Waals surface area contributed by atoms with E-state index in [-0.39, 0.29) is 5.78 Å². The zero-order valence-corrected chi connectivity index (χ0v) is 10.2. The lowest BCUT2D eigenvalue weighted by atomic mass is 10.1. The topological polar surface area (TPSA) is 33.2 Å². The van der Waals surface area contributed by atoms with E-state index >= 15 is 0 Å². The smallest absolute Gasteiger partial charge is 0.163 e. The second-order valence-electron chi connectivity index (χ2n) is 5.26. The number of anilines is 1. The molecule has 1 aromatic heterocycles. The quantitative estimate of drug-likeness (QED) is 0.729. The first kappa shape index (κ1) is 10.8. The van der Waals surface area contributed by atoms with Crippen molar-refractivity contribution >= 4 is 11.6 Å². The number of Topliss-reactive ketones (excluding diaryl/α,β-unsaturated/α-hetero) is 1. The highest BCUT2D eigenvalue weighted by Gasteiger charge is 2.35. The zero-order chi connectivity index (χ0) is 11.8. The van der Waals surface area contributed by atoms with Gasteiger partial charge in [0.1, 0.15) is 5.82 Å². The summed E-state index contributed by atoms with van der Waals surface area (Å²) >= 11 is 0. The number of ketones is 1. The highest BCUT2D eigenvalue weighted by Crippen LogP contribution is 2.38. The maximum Gasteiger partial charge on any atom is 0.163 e. The highest BCUT2D eigenvalue weighted by molar-refractivity contribution is 5.98. The van der Waals surface area contributed by atoms with Gasteiger partial charge in [-0.3, -0.25) is 4.79 Å². The van der Waals surface area contributed by atoms with Crippen LogP contribution in [-0.4, -0.2) is 23.4 Å². The molecule has 3 rings (SSSR count). The molecule has 17 heavy (non-hydrogen) atoms. The van der Waals surface area contributed by atoms with E-state index in [2.05, 4.69) is 9.88 Å². The molecule has 90 valence electrons. The van der Waals surface area contributed by atoms with E-state index in [4.69, 9.17) is 0 Å². The molecule has 2 aliphatic carbocycles. The lowest BCUT2D eigenvalue weighted by molar-refractivity contribution is 0.101. The summed E-state index contributed by atoms with van der Waals surface area (Å²) in [4.78, 5) is 18.5. The van der Waals surface area contributed by atoms with Crippen LogP contribution in [0.3, 0.4) is 0 Å². The van der Waals surface area contributed by atoms with Gasteiger partial charge in [-0.2, -0.15) is 0 Å². The third-order valence-corrected chi connectivity index (χ3v) is 3.58. The van der Waals surface area contributed by atoms with Gasteiger partial charge in [-0.25, -0.2) is 4.98 Å². The fraction of sp³-hybridized carbons (Fsp3) is 0.571. The molecule has 3 heteroatoms. The number of aromatic nitrogens is 1. The Balaban J connectivity index is 1.90. The molecule has 0 aliphatic heterocycles. The Morgan fingerprint density at radius 2 is 2.18 bits per heavy atom. The number of nitrogens with zero attached hydrogens (tertiary/aromatic N) is 2. The molecule has 0 N–H and O–H groups in total. The average Bonchev–Trinajstić information content (AvgIpc) is 3.17. The first-order valence-corrected chi connectivity index (χ1v) is 6.48. The van der Waals surface area contributed by atoms with Crippen molar-refractivity contribution in [2.45, 2.75) is 38.6 Å². The van der Waals surface area contributed by atoms with Crippen molar-refractivity contribution in [2.75, 3.05) is 11.4 Å². The minimum atomic E-state index is 0.120. The zero-order valence-electron chi connectivity index (χ0n) is 10.2. The van der Waals surface area contributed by atoms with Crippen molar-refractivity contribution < 1.29 is 4.79 Å². The summed E-state index contributed by atoms with van der Waals surface area (Å²) in [5.74, 6) is 1.86. The third kappa shape index (κ3) is 2.33. The molecule has 0 amide bonds. The molecule has 2 fully saturated rings. The van der Waals surface area contributed by atoms with Gasteiger partial charge in [-0.05, 0) is 50.7 Å². The van der Waals surface area contributed by atoms with E-state index in [0.717, 1.165) is 23.8 Å². The van der Waals surface area contributed by atoms with Crippen LogP contribution in [0.5, 0.6) is 0 Å². The van der Waals surface area contributed by atoms with Crippen molar-refractivity contribution in [1.29, 1.82) is 0 Å². The molecule has 0 aromatic carbocycles. The van der Waals surface area contributed by atoms with Crippen LogP contribution in [-0.2, 0) is 0 Å². The molecule has 0 unspecified atom stereocenters. The Kier molecular flexibility index (Phi) is 2.61. The Labute approximate surface area is 102 Å². The summed E-state index contributed by atoms with van der Waals surface area (Å²) in [7, 11) is 0. The van der Waals surface area contributed by atoms with Gasteiger partial charge in [0.2, 0.25) is 0 Å². The van der Waals surface area contributed by atoms with Crippen molar-refractivity contribution in [3.05, 3.63) is 23.9 Å². The fourth-order valence-corrected chi connectivity index (χ4v) is 2.27. The van der Waals surface area contributed by atoms with Crippen molar-refractivity contribution in [3.63, 3.8) is 0 Å². The molecule has 1 aromatic rings. The predicted molar refractivity (Wildman–Crippen MR) is 67.3 cm³/mol. The van der Waals surface area contributed by atoms with Crippen molar-refractivity contribution in [1.82, 2.24) is 4.98 Å². The van der Waals surface area contributed by atoms with Gasteiger partial charge < -0.3 is 4.90 Å². The normalized spacial score (nSPS) is 19.1. The summed E-state index contributed by atoms with van der Waals surface area (Å²) in [6, 6.07) is 4.37. The van der Waals surface area contributed by atoms with Crippen molar-refractivity contribution in [3.8, 4) is 0 Å². The van der Waals surface area contributed by atoms with Gasteiger partial charge in [0, 0.05) is 18.8 Å². The number of rotatable bonds is 5. The lowest BCUT2D eigenvalue weighted by Gasteiger charge is -2.25. The fourth-order valence-electron chi connectivity index (χ4n) is 2.27. The van der Waals surface area contributed by atoms with Crippen LogP contribution in [0.25, 0.3) is 0 Å². The second-order valence-corrected chi connectivity index (χ2v) is 5.26. The molecule has 3 nitrogen and oxygen atoms in total. The lowest BCUT2D eigenvalue weighted by Crippen LogP contribution is -2.30. The van der Waals surface area contributed by atoms with Crippen LogP contribution >= 0.6 is 0 Å². The van der Waals surface area contributed by atoms with Gasteiger partial charge in [0.05, 0.1) is 5.56 Å². The Morgan fingerprint density at radius 3 is 2.76 bits per heavy atom. The molecular formula is C14H18N2O. The van der Waals surface area contributed by atoms with Gasteiger partial charge >= 0.3 is 0 Å². The monoisotopic (exact) mass is 230 g/mol. The number of carbonyl (C=O) groups excluding carboxylic acids is 1. The van der Waals surface area contributed by atoms with Crippen LogP contribution in [0.1, 0.15) is 43.0 Å². The summed E-state index contributed by atoms with van der Waals surface area (Å²) in [5, 5.41) is 0. The van der Waals surface area contributed by atoms with Gasteiger partial charge in [0.15, 0.2) is 5.78 Å². The van der Waals surface area contributed by atoms with E-state index in [0.29, 0.717) is 6.04 Å². The maximum atomic E-state index is 11.6. The van der Waals surface area contributed by atoms with Crippen LogP contribution in [0.2, 0.25) is 0 Å². The largest absolute Gasteiger partial charge is 0.353 e. The number of pyridine rings is 1. The minimum absolute atomic E-state index is 0.120. The Morgan fingerprint density at radius 1 is 1.41 bits per heavy atom. The van der Waals surface area contributed by atoms with E-state index in [1.807, 2.05) is 12.1 Å². The first-order chi connectivity index (χ1) is 8.25. The molecule has 0 atom stereocenters. The third-order valence-electron chi connectivity index (χ3n) is 3.58. The first-order valence-electron chi connectivity index (χ1n) is 6.48. The standard InChI is InChI=1S/C14H18N2O/c1-10(17)13-3-2-8-15-14(13)16(12-6-7-12)9-11-4-5-11/h2-3,8,11-12H,4-7,9H2,1H3. The summed E-state index contributed by atoms with van der Waals surface area (Å²) in [6.45, 7) is 2.71. The molecule has 0 bridgehead atoms. The van der Waals surface area contributed by atoms with Gasteiger partial charge in [-0.1, -0.05) is 0 Å². The van der Waals surface area contributed by atoms with Crippen LogP contribution in [0.4, 0.5) is 5.82 Å². The van der Waals surface area contributed by atoms with E-state index in [9.17, 15) is 4.79 Å².